The number of nitrogens with zero attached hydrogens (tertiary/aromatic N) is 2. The van der Waals surface area contributed by atoms with Crippen molar-refractivity contribution >= 4 is 16.0 Å². The van der Waals surface area contributed by atoms with Gasteiger partial charge < -0.3 is 9.67 Å². The molecule has 1 heterocycles. The monoisotopic (exact) mass is 302 g/mol. The molecule has 1 aromatic heterocycles. The van der Waals surface area contributed by atoms with Crippen LogP contribution in [0.2, 0.25) is 0 Å². The minimum absolute atomic E-state index is 0.0116. The third-order valence-electron chi connectivity index (χ3n) is 3.13. The van der Waals surface area contributed by atoms with Gasteiger partial charge in [0, 0.05) is 25.8 Å². The van der Waals surface area contributed by atoms with E-state index in [4.69, 9.17) is 5.11 Å². The molecule has 20 heavy (non-hydrogen) atoms. The number of rotatable bonds is 7. The second kappa shape index (κ2) is 6.41. The van der Waals surface area contributed by atoms with Gasteiger partial charge in [-0.15, -0.1) is 0 Å². The minimum Gasteiger partial charge on any atom is -0.477 e. The molecule has 6 nitrogen and oxygen atoms in total. The van der Waals surface area contributed by atoms with Crippen LogP contribution < -0.4 is 0 Å². The van der Waals surface area contributed by atoms with Crippen molar-refractivity contribution in [2.75, 3.05) is 13.6 Å². The average molecular weight is 302 g/mol. The van der Waals surface area contributed by atoms with Gasteiger partial charge in [-0.3, -0.25) is 0 Å². The number of unbranched alkanes of at least 4 members (excludes halogenated alkanes) is 1. The second-order valence-electron chi connectivity index (χ2n) is 5.05. The SMILES string of the molecule is CCCCN(C)S(=O)(=O)c1cc(C(=O)O)n(C(C)C)c1. The molecular weight excluding hydrogens is 280 g/mol. The molecule has 0 aromatic carbocycles. The largest absolute Gasteiger partial charge is 0.477 e. The van der Waals surface area contributed by atoms with Gasteiger partial charge in [0.1, 0.15) is 10.6 Å². The van der Waals surface area contributed by atoms with E-state index in [1.165, 1.54) is 28.2 Å². The summed E-state index contributed by atoms with van der Waals surface area (Å²) < 4.78 is 27.5. The van der Waals surface area contributed by atoms with E-state index in [1.54, 1.807) is 0 Å². The molecule has 1 N–H and O–H groups in total. The Kier molecular flexibility index (Phi) is 5.35. The third kappa shape index (κ3) is 3.40. The van der Waals surface area contributed by atoms with Crippen molar-refractivity contribution in [1.29, 1.82) is 0 Å². The molecule has 0 radical (unpaired) electrons. The van der Waals surface area contributed by atoms with E-state index in [-0.39, 0.29) is 16.6 Å². The Labute approximate surface area is 120 Å². The highest BCUT2D eigenvalue weighted by molar-refractivity contribution is 7.89. The van der Waals surface area contributed by atoms with E-state index in [2.05, 4.69) is 0 Å². The predicted molar refractivity (Wildman–Crippen MR) is 76.5 cm³/mol. The Morgan fingerprint density at radius 1 is 1.45 bits per heavy atom. The first-order chi connectivity index (χ1) is 9.21. The fourth-order valence-electron chi connectivity index (χ4n) is 1.87. The number of carboxylic acids is 1. The number of aromatic nitrogens is 1. The van der Waals surface area contributed by atoms with Gasteiger partial charge in [-0.1, -0.05) is 13.3 Å². The first kappa shape index (κ1) is 16.7. The molecule has 1 rings (SSSR count). The van der Waals surface area contributed by atoms with Crippen LogP contribution in [0, 0.1) is 0 Å². The van der Waals surface area contributed by atoms with Gasteiger partial charge >= 0.3 is 5.97 Å². The molecule has 0 spiro atoms. The zero-order valence-corrected chi connectivity index (χ0v) is 13.1. The minimum atomic E-state index is -3.63. The van der Waals surface area contributed by atoms with Crippen molar-refractivity contribution in [2.24, 2.45) is 0 Å². The van der Waals surface area contributed by atoms with Crippen molar-refractivity contribution in [3.63, 3.8) is 0 Å². The number of hydrogen-bond acceptors (Lipinski definition) is 3. The molecule has 0 saturated carbocycles. The molecule has 0 fully saturated rings. The maximum atomic E-state index is 12.4. The smallest absolute Gasteiger partial charge is 0.352 e. The summed E-state index contributed by atoms with van der Waals surface area (Å²) in [6, 6.07) is 1.10. The zero-order valence-electron chi connectivity index (χ0n) is 12.3. The summed E-state index contributed by atoms with van der Waals surface area (Å²) in [6.45, 7) is 6.03. The van der Waals surface area contributed by atoms with E-state index in [0.717, 1.165) is 12.8 Å². The Balaban J connectivity index is 3.19. The molecule has 0 aliphatic rings. The Bertz CT molecular complexity index is 575. The van der Waals surface area contributed by atoms with Crippen molar-refractivity contribution in [3.8, 4) is 0 Å². The average Bonchev–Trinajstić information content (AvgIpc) is 2.81. The summed E-state index contributed by atoms with van der Waals surface area (Å²) >= 11 is 0. The van der Waals surface area contributed by atoms with Crippen molar-refractivity contribution in [2.45, 2.75) is 44.6 Å². The Morgan fingerprint density at radius 3 is 2.45 bits per heavy atom. The second-order valence-corrected chi connectivity index (χ2v) is 7.09. The number of carboxylic acid groups (broad SMARTS) is 1. The first-order valence-corrected chi connectivity index (χ1v) is 8.07. The van der Waals surface area contributed by atoms with Gasteiger partial charge in [0.2, 0.25) is 10.0 Å². The molecule has 0 atom stereocenters. The zero-order chi connectivity index (χ0) is 15.5. The molecule has 0 unspecified atom stereocenters. The molecule has 0 aliphatic heterocycles. The molecule has 0 bridgehead atoms. The molecule has 0 aliphatic carbocycles. The highest BCUT2D eigenvalue weighted by Gasteiger charge is 2.25. The van der Waals surface area contributed by atoms with E-state index in [0.29, 0.717) is 6.54 Å². The third-order valence-corrected chi connectivity index (χ3v) is 4.96. The summed E-state index contributed by atoms with van der Waals surface area (Å²) in [5, 5.41) is 9.14. The topological polar surface area (TPSA) is 79.6 Å². The van der Waals surface area contributed by atoms with E-state index >= 15 is 0 Å². The highest BCUT2D eigenvalue weighted by atomic mass is 32.2. The lowest BCUT2D eigenvalue weighted by molar-refractivity contribution is 0.0683. The van der Waals surface area contributed by atoms with E-state index in [1.807, 2.05) is 20.8 Å². The van der Waals surface area contributed by atoms with Crippen LogP contribution >= 0.6 is 0 Å². The maximum absolute atomic E-state index is 12.4. The Hall–Kier alpha value is -1.34. The standard InChI is InChI=1S/C13H22N2O4S/c1-5-6-7-14(4)20(18,19)11-8-12(13(16)17)15(9-11)10(2)3/h8-10H,5-7H2,1-4H3,(H,16,17). The quantitative estimate of drug-likeness (QED) is 0.837. The normalized spacial score (nSPS) is 12.3. The van der Waals surface area contributed by atoms with Crippen LogP contribution in [0.1, 0.15) is 50.1 Å². The summed E-state index contributed by atoms with van der Waals surface area (Å²) in [7, 11) is -2.12. The molecule has 0 saturated heterocycles. The van der Waals surface area contributed by atoms with Crippen molar-refractivity contribution < 1.29 is 18.3 Å². The van der Waals surface area contributed by atoms with Crippen LogP contribution in [0.4, 0.5) is 0 Å². The molecule has 1 aromatic rings. The Morgan fingerprint density at radius 2 is 2.05 bits per heavy atom. The summed E-state index contributed by atoms with van der Waals surface area (Å²) in [5.74, 6) is -1.13. The van der Waals surface area contributed by atoms with Crippen LogP contribution in [-0.4, -0.2) is 42.0 Å². The van der Waals surface area contributed by atoms with Gasteiger partial charge in [0.05, 0.1) is 0 Å². The number of hydrogen-bond donors (Lipinski definition) is 1. The van der Waals surface area contributed by atoms with Gasteiger partial charge in [0.15, 0.2) is 0 Å². The van der Waals surface area contributed by atoms with E-state index < -0.39 is 16.0 Å². The van der Waals surface area contributed by atoms with E-state index in [9.17, 15) is 13.2 Å². The van der Waals surface area contributed by atoms with Crippen LogP contribution in [0.15, 0.2) is 17.2 Å². The highest BCUT2D eigenvalue weighted by Crippen LogP contribution is 2.21. The number of sulfonamides is 1. The van der Waals surface area contributed by atoms with Crippen molar-refractivity contribution in [1.82, 2.24) is 8.87 Å². The molecule has 114 valence electrons. The predicted octanol–water partition coefficient (Wildman–Crippen LogP) is 2.19. The lowest BCUT2D eigenvalue weighted by Gasteiger charge is -2.15. The van der Waals surface area contributed by atoms with Crippen LogP contribution in [-0.2, 0) is 10.0 Å². The van der Waals surface area contributed by atoms with Gasteiger partial charge in [0.25, 0.3) is 0 Å². The first-order valence-electron chi connectivity index (χ1n) is 6.63. The summed E-state index contributed by atoms with van der Waals surface area (Å²) in [6.07, 6.45) is 3.06. The lowest BCUT2D eigenvalue weighted by Crippen LogP contribution is -2.27. The van der Waals surface area contributed by atoms with Gasteiger partial charge in [-0.2, -0.15) is 0 Å². The fourth-order valence-corrected chi connectivity index (χ4v) is 3.11. The van der Waals surface area contributed by atoms with Crippen molar-refractivity contribution in [3.05, 3.63) is 18.0 Å². The molecule has 0 amide bonds. The number of carbonyl (C=O) groups is 1. The maximum Gasteiger partial charge on any atom is 0.352 e. The van der Waals surface area contributed by atoms with Crippen LogP contribution in [0.5, 0.6) is 0 Å². The van der Waals surface area contributed by atoms with Crippen LogP contribution in [0.25, 0.3) is 0 Å². The fraction of sp³-hybridized carbons (Fsp3) is 0.615. The van der Waals surface area contributed by atoms with Crippen LogP contribution in [0.3, 0.4) is 0 Å². The van der Waals surface area contributed by atoms with Gasteiger partial charge in [-0.25, -0.2) is 17.5 Å². The summed E-state index contributed by atoms with van der Waals surface area (Å²) in [5.41, 5.74) is -0.0116. The number of aromatic carboxylic acids is 1. The summed E-state index contributed by atoms with van der Waals surface area (Å²) in [4.78, 5) is 11.2. The molecule has 7 heteroatoms. The lowest BCUT2D eigenvalue weighted by atomic mass is 10.3. The van der Waals surface area contributed by atoms with Gasteiger partial charge in [-0.05, 0) is 26.3 Å². The molecular formula is C13H22N2O4S.